The van der Waals surface area contributed by atoms with E-state index in [1.807, 2.05) is 0 Å². The van der Waals surface area contributed by atoms with Gasteiger partial charge in [0, 0.05) is 34.4 Å². The molecule has 1 unspecified atom stereocenters. The third-order valence-electron chi connectivity index (χ3n) is 4.06. The van der Waals surface area contributed by atoms with Crippen molar-refractivity contribution in [1.82, 2.24) is 5.32 Å². The van der Waals surface area contributed by atoms with Gasteiger partial charge in [-0.1, -0.05) is 30.3 Å². The highest BCUT2D eigenvalue weighted by Gasteiger charge is 2.34. The minimum atomic E-state index is -0.555. The van der Waals surface area contributed by atoms with Crippen LogP contribution in [-0.2, 0) is 10.8 Å². The van der Waals surface area contributed by atoms with E-state index in [2.05, 4.69) is 35.6 Å². The largest absolute Gasteiger partial charge is 0.307 e. The lowest BCUT2D eigenvalue weighted by atomic mass is 10.00. The number of nitrogens with one attached hydrogen (secondary N) is 1. The maximum Gasteiger partial charge on any atom is 0.0351 e. The summed E-state index contributed by atoms with van der Waals surface area (Å²) in [6, 6.07) is 11.9. The van der Waals surface area contributed by atoms with Gasteiger partial charge in [-0.2, -0.15) is 0 Å². The van der Waals surface area contributed by atoms with Crippen LogP contribution in [0.1, 0.15) is 37.3 Å². The molecule has 1 saturated heterocycles. The van der Waals surface area contributed by atoms with E-state index in [-0.39, 0.29) is 0 Å². The lowest BCUT2D eigenvalue weighted by molar-refractivity contribution is 0.383. The zero-order valence-corrected chi connectivity index (χ0v) is 11.5. The maximum atomic E-state index is 11.4. The second-order valence-electron chi connectivity index (χ2n) is 5.51. The van der Waals surface area contributed by atoms with Crippen molar-refractivity contribution >= 4 is 10.8 Å². The average Bonchev–Trinajstić information content (AvgIpc) is 3.23. The van der Waals surface area contributed by atoms with E-state index >= 15 is 0 Å². The minimum absolute atomic E-state index is 0.516. The lowest BCUT2D eigenvalue weighted by Gasteiger charge is -2.28. The molecule has 1 aromatic carbocycles. The van der Waals surface area contributed by atoms with E-state index < -0.39 is 10.8 Å². The second-order valence-corrected chi connectivity index (χ2v) is 7.21. The number of rotatable bonds is 4. The number of benzene rings is 1. The van der Waals surface area contributed by atoms with Crippen LogP contribution in [0, 0.1) is 5.92 Å². The zero-order chi connectivity index (χ0) is 12.4. The van der Waals surface area contributed by atoms with Gasteiger partial charge in [-0.3, -0.25) is 4.21 Å². The van der Waals surface area contributed by atoms with Crippen LogP contribution in [0.3, 0.4) is 0 Å². The normalized spacial score (nSPS) is 30.0. The van der Waals surface area contributed by atoms with Crippen molar-refractivity contribution < 1.29 is 4.21 Å². The maximum absolute atomic E-state index is 11.4. The molecule has 1 aromatic rings. The Balaban J connectivity index is 1.66. The highest BCUT2D eigenvalue weighted by molar-refractivity contribution is 7.85. The van der Waals surface area contributed by atoms with Crippen molar-refractivity contribution in [2.45, 2.75) is 37.8 Å². The van der Waals surface area contributed by atoms with E-state index in [0.717, 1.165) is 30.3 Å². The van der Waals surface area contributed by atoms with Gasteiger partial charge < -0.3 is 5.32 Å². The van der Waals surface area contributed by atoms with Gasteiger partial charge in [0.05, 0.1) is 0 Å². The zero-order valence-electron chi connectivity index (χ0n) is 10.7. The Morgan fingerprint density at radius 1 is 1.06 bits per heavy atom. The van der Waals surface area contributed by atoms with E-state index in [1.165, 1.54) is 18.4 Å². The molecule has 0 amide bonds. The predicted molar refractivity (Wildman–Crippen MR) is 75.9 cm³/mol. The van der Waals surface area contributed by atoms with Gasteiger partial charge in [0.1, 0.15) is 0 Å². The van der Waals surface area contributed by atoms with Crippen LogP contribution in [0.4, 0.5) is 0 Å². The Morgan fingerprint density at radius 3 is 2.33 bits per heavy atom. The SMILES string of the molecule is O=S1CCC(NC(c2ccccc2)C2CC2)CC1. The van der Waals surface area contributed by atoms with Crippen molar-refractivity contribution in [2.75, 3.05) is 11.5 Å². The van der Waals surface area contributed by atoms with E-state index in [1.54, 1.807) is 0 Å². The summed E-state index contributed by atoms with van der Waals surface area (Å²) in [6.07, 6.45) is 4.85. The topological polar surface area (TPSA) is 29.1 Å². The van der Waals surface area contributed by atoms with Crippen LogP contribution in [0.25, 0.3) is 0 Å². The van der Waals surface area contributed by atoms with Crippen LogP contribution in [0.5, 0.6) is 0 Å². The summed E-state index contributed by atoms with van der Waals surface area (Å²) < 4.78 is 11.4. The van der Waals surface area contributed by atoms with E-state index in [0.29, 0.717) is 12.1 Å². The molecule has 1 saturated carbocycles. The molecule has 2 fully saturated rings. The van der Waals surface area contributed by atoms with Crippen molar-refractivity contribution in [3.8, 4) is 0 Å². The Kier molecular flexibility index (Phi) is 3.80. The van der Waals surface area contributed by atoms with Gasteiger partial charge in [-0.15, -0.1) is 0 Å². The Labute approximate surface area is 112 Å². The molecule has 2 nitrogen and oxygen atoms in total. The van der Waals surface area contributed by atoms with Gasteiger partial charge >= 0.3 is 0 Å². The van der Waals surface area contributed by atoms with Crippen LogP contribution >= 0.6 is 0 Å². The summed E-state index contributed by atoms with van der Waals surface area (Å²) in [5, 5.41) is 3.82. The molecule has 0 spiro atoms. The summed E-state index contributed by atoms with van der Waals surface area (Å²) in [5.74, 6) is 2.58. The van der Waals surface area contributed by atoms with Crippen LogP contribution < -0.4 is 5.32 Å². The number of hydrogen-bond donors (Lipinski definition) is 1. The molecule has 98 valence electrons. The molecule has 0 bridgehead atoms. The lowest BCUT2D eigenvalue weighted by Crippen LogP contribution is -2.38. The molecule has 1 N–H and O–H groups in total. The Hall–Kier alpha value is -0.670. The molecule has 1 heterocycles. The fourth-order valence-electron chi connectivity index (χ4n) is 2.81. The molecule has 3 heteroatoms. The molecule has 3 rings (SSSR count). The van der Waals surface area contributed by atoms with Gasteiger partial charge in [-0.25, -0.2) is 0 Å². The Morgan fingerprint density at radius 2 is 1.72 bits per heavy atom. The summed E-state index contributed by atoms with van der Waals surface area (Å²) in [4.78, 5) is 0. The predicted octanol–water partition coefficient (Wildman–Crippen LogP) is 2.64. The first-order valence-electron chi connectivity index (χ1n) is 6.99. The average molecular weight is 263 g/mol. The molecule has 0 aromatic heterocycles. The van der Waals surface area contributed by atoms with Gasteiger partial charge in [0.2, 0.25) is 0 Å². The summed E-state index contributed by atoms with van der Waals surface area (Å²) >= 11 is 0. The number of hydrogen-bond acceptors (Lipinski definition) is 2. The highest BCUT2D eigenvalue weighted by atomic mass is 32.2. The van der Waals surface area contributed by atoms with Crippen molar-refractivity contribution in [3.05, 3.63) is 35.9 Å². The van der Waals surface area contributed by atoms with Crippen molar-refractivity contribution in [1.29, 1.82) is 0 Å². The fraction of sp³-hybridized carbons (Fsp3) is 0.600. The van der Waals surface area contributed by atoms with Crippen molar-refractivity contribution in [2.24, 2.45) is 5.92 Å². The van der Waals surface area contributed by atoms with Gasteiger partial charge in [0.25, 0.3) is 0 Å². The van der Waals surface area contributed by atoms with Gasteiger partial charge in [0.15, 0.2) is 0 Å². The molecule has 2 aliphatic rings. The highest BCUT2D eigenvalue weighted by Crippen LogP contribution is 2.41. The summed E-state index contributed by atoms with van der Waals surface area (Å²) in [6.45, 7) is 0. The molecule has 1 aliphatic heterocycles. The third-order valence-corrected chi connectivity index (χ3v) is 5.44. The second kappa shape index (κ2) is 5.54. The standard InChI is InChI=1S/C15H21NOS/c17-18-10-8-14(9-11-18)16-15(13-6-7-13)12-4-2-1-3-5-12/h1-5,13-16H,6-11H2. The Bertz CT molecular complexity index is 406. The minimum Gasteiger partial charge on any atom is -0.307 e. The summed E-state index contributed by atoms with van der Waals surface area (Å²) in [7, 11) is -0.555. The summed E-state index contributed by atoms with van der Waals surface area (Å²) in [5.41, 5.74) is 1.42. The molecular formula is C15H21NOS. The van der Waals surface area contributed by atoms with Gasteiger partial charge in [-0.05, 0) is 37.2 Å². The van der Waals surface area contributed by atoms with E-state index in [4.69, 9.17) is 0 Å². The monoisotopic (exact) mass is 263 g/mol. The molecule has 18 heavy (non-hydrogen) atoms. The quantitative estimate of drug-likeness (QED) is 0.905. The fourth-order valence-corrected chi connectivity index (χ4v) is 4.11. The van der Waals surface area contributed by atoms with Crippen molar-refractivity contribution in [3.63, 3.8) is 0 Å². The molecular weight excluding hydrogens is 242 g/mol. The van der Waals surface area contributed by atoms with Crippen LogP contribution in [-0.4, -0.2) is 21.8 Å². The van der Waals surface area contributed by atoms with E-state index in [9.17, 15) is 4.21 Å². The first-order valence-corrected chi connectivity index (χ1v) is 8.48. The van der Waals surface area contributed by atoms with Crippen LogP contribution in [0.2, 0.25) is 0 Å². The first kappa shape index (κ1) is 12.4. The smallest absolute Gasteiger partial charge is 0.0351 e. The molecule has 1 atom stereocenters. The van der Waals surface area contributed by atoms with Crippen LogP contribution in [0.15, 0.2) is 30.3 Å². The third kappa shape index (κ3) is 3.01. The molecule has 1 aliphatic carbocycles. The molecule has 0 radical (unpaired) electrons. The first-order chi connectivity index (χ1) is 8.83.